The fourth-order valence-corrected chi connectivity index (χ4v) is 6.25. The second-order valence-electron chi connectivity index (χ2n) is 12.2. The van der Waals surface area contributed by atoms with Crippen molar-refractivity contribution in [2.45, 2.75) is 85.6 Å². The van der Waals surface area contributed by atoms with Gasteiger partial charge < -0.3 is 15.1 Å². The Morgan fingerprint density at radius 1 is 0.951 bits per heavy atom. The van der Waals surface area contributed by atoms with Crippen LogP contribution < -0.4 is 10.6 Å². The van der Waals surface area contributed by atoms with Gasteiger partial charge in [-0.1, -0.05) is 37.6 Å². The number of hydrogen-bond donors (Lipinski definition) is 2. The highest BCUT2D eigenvalue weighted by Gasteiger charge is 2.29. The molecule has 0 aromatic heterocycles. The first-order chi connectivity index (χ1) is 19.6. The van der Waals surface area contributed by atoms with E-state index in [-0.39, 0.29) is 17.9 Å². The van der Waals surface area contributed by atoms with Gasteiger partial charge in [-0.15, -0.1) is 0 Å². The van der Waals surface area contributed by atoms with Gasteiger partial charge in [-0.2, -0.15) is 5.26 Å². The van der Waals surface area contributed by atoms with Crippen LogP contribution in [0, 0.1) is 39.0 Å². The van der Waals surface area contributed by atoms with Crippen LogP contribution in [0.3, 0.4) is 0 Å². The first kappa shape index (κ1) is 32.3. The topological polar surface area (TPSA) is 85.2 Å². The number of benzene rings is 2. The Labute approximate surface area is 247 Å². The smallest absolute Gasteiger partial charge is 0.279 e. The summed E-state index contributed by atoms with van der Waals surface area (Å²) in [6.45, 7) is 14.4. The number of piperidine rings is 1. The summed E-state index contributed by atoms with van der Waals surface area (Å²) in [6, 6.07) is 11.9. The van der Waals surface area contributed by atoms with E-state index in [9.17, 15) is 14.9 Å². The summed E-state index contributed by atoms with van der Waals surface area (Å²) < 4.78 is 0.739. The molecule has 2 unspecified atom stereocenters. The molecule has 2 amide bonds. The number of para-hydroxylation sites is 1. The summed E-state index contributed by atoms with van der Waals surface area (Å²) in [5.41, 5.74) is 6.30. The van der Waals surface area contributed by atoms with Crippen LogP contribution in [-0.2, 0) is 9.59 Å². The van der Waals surface area contributed by atoms with Crippen LogP contribution in [0.1, 0.15) is 79.7 Å². The van der Waals surface area contributed by atoms with E-state index in [1.807, 2.05) is 58.0 Å². The highest BCUT2D eigenvalue weighted by atomic mass is 16.2. The molecule has 7 nitrogen and oxygen atoms in total. The Kier molecular flexibility index (Phi) is 11.9. The van der Waals surface area contributed by atoms with Crippen molar-refractivity contribution in [3.8, 4) is 6.07 Å². The van der Waals surface area contributed by atoms with Crippen molar-refractivity contribution in [2.24, 2.45) is 0 Å². The van der Waals surface area contributed by atoms with E-state index < -0.39 is 0 Å². The second kappa shape index (κ2) is 15.1. The third kappa shape index (κ3) is 8.89. The number of unbranched alkanes of at least 4 members (excludes halogenated alkanes) is 2. The number of anilines is 2. The van der Waals surface area contributed by atoms with Gasteiger partial charge in [-0.05, 0) is 108 Å². The molecule has 2 aromatic carbocycles. The third-order valence-electron chi connectivity index (χ3n) is 8.64. The molecule has 2 aromatic rings. The Hall–Kier alpha value is -3.21. The number of hydrogen-bond acceptors (Lipinski definition) is 4. The maximum Gasteiger partial charge on any atom is 0.279 e. The van der Waals surface area contributed by atoms with Gasteiger partial charge in [0, 0.05) is 11.4 Å². The van der Waals surface area contributed by atoms with Crippen LogP contribution in [0.25, 0.3) is 0 Å². The molecule has 1 heterocycles. The van der Waals surface area contributed by atoms with E-state index in [0.29, 0.717) is 12.1 Å². The summed E-state index contributed by atoms with van der Waals surface area (Å²) in [5.74, 6) is 0.111. The van der Waals surface area contributed by atoms with E-state index in [1.54, 1.807) is 0 Å². The largest absolute Gasteiger partial charge is 0.324 e. The van der Waals surface area contributed by atoms with Gasteiger partial charge in [0.05, 0.1) is 37.8 Å². The number of rotatable bonds is 13. The predicted molar refractivity (Wildman–Crippen MR) is 168 cm³/mol. The van der Waals surface area contributed by atoms with Crippen molar-refractivity contribution in [3.05, 3.63) is 58.1 Å². The number of likely N-dealkylation sites (N-methyl/N-ethyl adjacent to an activating group) is 1. The molecule has 1 fully saturated rings. The van der Waals surface area contributed by atoms with Gasteiger partial charge >= 0.3 is 0 Å². The summed E-state index contributed by atoms with van der Waals surface area (Å²) in [7, 11) is 2.20. The number of nitrogens with one attached hydrogen (secondary N) is 2. The van der Waals surface area contributed by atoms with Crippen molar-refractivity contribution < 1.29 is 14.1 Å². The number of nitriles is 1. The van der Waals surface area contributed by atoms with Crippen molar-refractivity contribution in [1.29, 1.82) is 5.26 Å². The minimum atomic E-state index is -0.136. The standard InChI is InChI=1S/C34H49N5O2/c1-7-21-39(6,24-31(40)36-32-25(2)14-13-15-26(32)3)22-12-8-10-19-38-20-11-9-16-30(38)34(41)37-33-27(4)17-18-29(23-35)28(33)5/h13-15,17-18,30H,7-12,16,19-22,24H2,1-6H3,(H-,36,37,40,41)/p+1. The zero-order chi connectivity index (χ0) is 30.0. The molecular formula is C34H50N5O2+. The molecule has 2 atom stereocenters. The maximum absolute atomic E-state index is 13.4. The van der Waals surface area contributed by atoms with Crippen LogP contribution in [0.4, 0.5) is 11.4 Å². The molecule has 0 aliphatic carbocycles. The molecule has 1 aliphatic rings. The highest BCUT2D eigenvalue weighted by molar-refractivity contribution is 5.96. The molecule has 41 heavy (non-hydrogen) atoms. The van der Waals surface area contributed by atoms with Gasteiger partial charge in [-0.25, -0.2) is 0 Å². The average Bonchev–Trinajstić information content (AvgIpc) is 2.93. The van der Waals surface area contributed by atoms with Crippen molar-refractivity contribution >= 4 is 23.2 Å². The molecule has 222 valence electrons. The van der Waals surface area contributed by atoms with Crippen LogP contribution >= 0.6 is 0 Å². The number of aryl methyl sites for hydroxylation is 3. The van der Waals surface area contributed by atoms with Crippen molar-refractivity contribution in [1.82, 2.24) is 4.90 Å². The SMILES string of the molecule is CCC[N+](C)(CCCCCN1CCCCC1C(=O)Nc1c(C)ccc(C#N)c1C)CC(=O)Nc1c(C)cccc1C. The zero-order valence-electron chi connectivity index (χ0n) is 26.1. The first-order valence-corrected chi connectivity index (χ1v) is 15.3. The third-order valence-corrected chi connectivity index (χ3v) is 8.64. The van der Waals surface area contributed by atoms with E-state index in [1.165, 1.54) is 0 Å². The molecule has 0 bridgehead atoms. The molecule has 7 heteroatoms. The van der Waals surface area contributed by atoms with Crippen molar-refractivity contribution in [2.75, 3.05) is 50.4 Å². The Bertz CT molecular complexity index is 1230. The molecule has 1 aliphatic heterocycles. The van der Waals surface area contributed by atoms with E-state index in [4.69, 9.17) is 0 Å². The lowest BCUT2D eigenvalue weighted by Gasteiger charge is -2.35. The molecule has 1 saturated heterocycles. The monoisotopic (exact) mass is 560 g/mol. The molecule has 3 rings (SSSR count). The van der Waals surface area contributed by atoms with Gasteiger partial charge in [0.2, 0.25) is 5.91 Å². The van der Waals surface area contributed by atoms with E-state index in [0.717, 1.165) is 109 Å². The molecular weight excluding hydrogens is 510 g/mol. The number of carbonyl (C=O) groups excluding carboxylic acids is 2. The number of amides is 2. The minimum Gasteiger partial charge on any atom is -0.324 e. The lowest BCUT2D eigenvalue weighted by molar-refractivity contribution is -0.902. The minimum absolute atomic E-state index is 0.0353. The Morgan fingerprint density at radius 2 is 1.66 bits per heavy atom. The van der Waals surface area contributed by atoms with Gasteiger partial charge in [0.15, 0.2) is 6.54 Å². The number of quaternary nitrogens is 1. The van der Waals surface area contributed by atoms with Gasteiger partial charge in [-0.3, -0.25) is 14.5 Å². The van der Waals surface area contributed by atoms with Gasteiger partial charge in [0.1, 0.15) is 0 Å². The fraction of sp³-hybridized carbons (Fsp3) is 0.559. The predicted octanol–water partition coefficient (Wildman–Crippen LogP) is 6.25. The average molecular weight is 561 g/mol. The van der Waals surface area contributed by atoms with Crippen LogP contribution in [0.15, 0.2) is 30.3 Å². The van der Waals surface area contributed by atoms with Crippen LogP contribution in [0.2, 0.25) is 0 Å². The molecule has 0 radical (unpaired) electrons. The van der Waals surface area contributed by atoms with E-state index in [2.05, 4.69) is 35.6 Å². The number of nitrogens with zero attached hydrogens (tertiary/aromatic N) is 3. The normalized spacial score (nSPS) is 17.0. The summed E-state index contributed by atoms with van der Waals surface area (Å²) in [4.78, 5) is 28.7. The lowest BCUT2D eigenvalue weighted by atomic mass is 9.99. The van der Waals surface area contributed by atoms with E-state index >= 15 is 0 Å². The zero-order valence-corrected chi connectivity index (χ0v) is 26.1. The fourth-order valence-electron chi connectivity index (χ4n) is 6.25. The number of carbonyl (C=O) groups is 2. The van der Waals surface area contributed by atoms with Crippen molar-refractivity contribution in [3.63, 3.8) is 0 Å². The highest BCUT2D eigenvalue weighted by Crippen LogP contribution is 2.26. The Balaban J connectivity index is 1.51. The Morgan fingerprint density at radius 3 is 2.34 bits per heavy atom. The molecule has 2 N–H and O–H groups in total. The van der Waals surface area contributed by atoms with Crippen LogP contribution in [0.5, 0.6) is 0 Å². The molecule has 0 spiro atoms. The quantitative estimate of drug-likeness (QED) is 0.224. The van der Waals surface area contributed by atoms with Crippen LogP contribution in [-0.4, -0.2) is 67.0 Å². The lowest BCUT2D eigenvalue weighted by Crippen LogP contribution is -2.50. The summed E-state index contributed by atoms with van der Waals surface area (Å²) in [5, 5.41) is 15.7. The second-order valence-corrected chi connectivity index (χ2v) is 12.2. The number of likely N-dealkylation sites (tertiary alicyclic amines) is 1. The summed E-state index contributed by atoms with van der Waals surface area (Å²) >= 11 is 0. The first-order valence-electron chi connectivity index (χ1n) is 15.3. The maximum atomic E-state index is 13.4. The molecule has 0 saturated carbocycles. The summed E-state index contributed by atoms with van der Waals surface area (Å²) in [6.07, 6.45) is 7.23. The van der Waals surface area contributed by atoms with Gasteiger partial charge in [0.25, 0.3) is 5.91 Å².